The van der Waals surface area contributed by atoms with Gasteiger partial charge in [-0.15, -0.1) is 0 Å². The predicted octanol–water partition coefficient (Wildman–Crippen LogP) is 2.92. The first-order valence-electron chi connectivity index (χ1n) is 6.82. The van der Waals surface area contributed by atoms with Crippen molar-refractivity contribution in [2.75, 3.05) is 25.0 Å². The summed E-state index contributed by atoms with van der Waals surface area (Å²) < 4.78 is 0. The molecule has 1 aromatic carbocycles. The summed E-state index contributed by atoms with van der Waals surface area (Å²) in [6.45, 7) is 8.53. The highest BCUT2D eigenvalue weighted by Crippen LogP contribution is 2.43. The SMILES string of the molecule is CC.Cc1cccc2c1N(C)C1CCNCC21. The van der Waals surface area contributed by atoms with E-state index in [4.69, 9.17) is 0 Å². The molecule has 0 saturated carbocycles. The largest absolute Gasteiger partial charge is 0.370 e. The maximum absolute atomic E-state index is 3.51. The fourth-order valence-electron chi connectivity index (χ4n) is 3.25. The van der Waals surface area contributed by atoms with E-state index in [1.165, 1.54) is 24.2 Å². The molecular formula is C15H24N2. The molecule has 0 amide bonds. The summed E-state index contributed by atoms with van der Waals surface area (Å²) in [6.07, 6.45) is 1.27. The molecule has 2 aliphatic rings. The fourth-order valence-corrected chi connectivity index (χ4v) is 3.25. The lowest BCUT2D eigenvalue weighted by molar-refractivity contribution is 0.413. The van der Waals surface area contributed by atoms with Crippen LogP contribution in [0.3, 0.4) is 0 Å². The predicted molar refractivity (Wildman–Crippen MR) is 74.9 cm³/mol. The maximum Gasteiger partial charge on any atom is 0.0432 e. The Morgan fingerprint density at radius 3 is 2.82 bits per heavy atom. The molecule has 2 unspecified atom stereocenters. The van der Waals surface area contributed by atoms with Gasteiger partial charge in [0.1, 0.15) is 0 Å². The molecule has 1 saturated heterocycles. The van der Waals surface area contributed by atoms with Gasteiger partial charge in [0, 0.05) is 31.2 Å². The standard InChI is InChI=1S/C13H18N2.C2H6/c1-9-4-3-5-10-11-8-14-7-6-12(11)15(2)13(9)10;1-2/h3-5,11-12,14H,6-8H2,1-2H3;1-2H3. The molecule has 2 atom stereocenters. The maximum atomic E-state index is 3.51. The molecule has 2 nitrogen and oxygen atoms in total. The molecule has 0 bridgehead atoms. The average molecular weight is 232 g/mol. The molecule has 0 spiro atoms. The number of benzene rings is 1. The first-order valence-corrected chi connectivity index (χ1v) is 6.82. The third-order valence-electron chi connectivity index (χ3n) is 3.96. The first kappa shape index (κ1) is 12.4. The molecular weight excluding hydrogens is 208 g/mol. The van der Waals surface area contributed by atoms with Crippen molar-refractivity contribution in [1.82, 2.24) is 5.32 Å². The highest BCUT2D eigenvalue weighted by molar-refractivity contribution is 5.66. The quantitative estimate of drug-likeness (QED) is 0.740. The third-order valence-corrected chi connectivity index (χ3v) is 3.96. The summed E-state index contributed by atoms with van der Waals surface area (Å²) in [5.41, 5.74) is 4.45. The lowest BCUT2D eigenvalue weighted by Gasteiger charge is -2.31. The number of para-hydroxylation sites is 1. The summed E-state index contributed by atoms with van der Waals surface area (Å²) >= 11 is 0. The number of hydrogen-bond donors (Lipinski definition) is 1. The second-order valence-electron chi connectivity index (χ2n) is 4.79. The summed E-state index contributed by atoms with van der Waals surface area (Å²) in [6, 6.07) is 7.44. The Morgan fingerprint density at radius 2 is 2.06 bits per heavy atom. The molecule has 17 heavy (non-hydrogen) atoms. The zero-order chi connectivity index (χ0) is 12.4. The molecule has 0 aliphatic carbocycles. The van der Waals surface area contributed by atoms with Crippen molar-refractivity contribution in [2.45, 2.75) is 39.2 Å². The summed E-state index contributed by atoms with van der Waals surface area (Å²) in [5.74, 6) is 0.707. The van der Waals surface area contributed by atoms with E-state index in [2.05, 4.69) is 42.4 Å². The van der Waals surface area contributed by atoms with Gasteiger partial charge in [-0.25, -0.2) is 0 Å². The molecule has 94 valence electrons. The van der Waals surface area contributed by atoms with Crippen molar-refractivity contribution >= 4 is 5.69 Å². The monoisotopic (exact) mass is 232 g/mol. The number of fused-ring (bicyclic) bond motifs is 3. The molecule has 2 heteroatoms. The summed E-state index contributed by atoms with van der Waals surface area (Å²) in [4.78, 5) is 2.50. The Labute approximate surface area is 105 Å². The molecule has 1 fully saturated rings. The van der Waals surface area contributed by atoms with Gasteiger partial charge < -0.3 is 10.2 Å². The molecule has 1 aromatic rings. The Kier molecular flexibility index (Phi) is 3.72. The smallest absolute Gasteiger partial charge is 0.0432 e. The van der Waals surface area contributed by atoms with Gasteiger partial charge in [-0.2, -0.15) is 0 Å². The van der Waals surface area contributed by atoms with Crippen LogP contribution in [0.15, 0.2) is 18.2 Å². The van der Waals surface area contributed by atoms with Gasteiger partial charge in [0.05, 0.1) is 0 Å². The highest BCUT2D eigenvalue weighted by atomic mass is 15.2. The van der Waals surface area contributed by atoms with E-state index in [1.807, 2.05) is 13.8 Å². The zero-order valence-electron chi connectivity index (χ0n) is 11.5. The van der Waals surface area contributed by atoms with E-state index in [1.54, 1.807) is 5.56 Å². The normalized spacial score (nSPS) is 25.8. The van der Waals surface area contributed by atoms with Crippen molar-refractivity contribution in [1.29, 1.82) is 0 Å². The van der Waals surface area contributed by atoms with Crippen LogP contribution in [0.2, 0.25) is 0 Å². The average Bonchev–Trinajstić information content (AvgIpc) is 2.68. The van der Waals surface area contributed by atoms with Crippen LogP contribution in [0, 0.1) is 6.92 Å². The van der Waals surface area contributed by atoms with Crippen molar-refractivity contribution in [3.8, 4) is 0 Å². The van der Waals surface area contributed by atoms with E-state index in [-0.39, 0.29) is 0 Å². The second-order valence-corrected chi connectivity index (χ2v) is 4.79. The lowest BCUT2D eigenvalue weighted by Crippen LogP contribution is -2.42. The van der Waals surface area contributed by atoms with Crippen LogP contribution >= 0.6 is 0 Å². The third kappa shape index (κ3) is 1.95. The van der Waals surface area contributed by atoms with E-state index in [0.29, 0.717) is 5.92 Å². The van der Waals surface area contributed by atoms with Crippen molar-refractivity contribution in [2.24, 2.45) is 0 Å². The van der Waals surface area contributed by atoms with Crippen LogP contribution in [0.4, 0.5) is 5.69 Å². The van der Waals surface area contributed by atoms with Crippen LogP contribution in [0.25, 0.3) is 0 Å². The molecule has 1 N–H and O–H groups in total. The van der Waals surface area contributed by atoms with Gasteiger partial charge >= 0.3 is 0 Å². The van der Waals surface area contributed by atoms with Crippen LogP contribution in [-0.4, -0.2) is 26.2 Å². The van der Waals surface area contributed by atoms with Gasteiger partial charge in [-0.05, 0) is 31.0 Å². The number of likely N-dealkylation sites (N-methyl/N-ethyl adjacent to an activating group) is 1. The van der Waals surface area contributed by atoms with Crippen molar-refractivity contribution in [3.63, 3.8) is 0 Å². The number of nitrogens with zero attached hydrogens (tertiary/aromatic N) is 1. The van der Waals surface area contributed by atoms with Crippen LogP contribution < -0.4 is 10.2 Å². The van der Waals surface area contributed by atoms with Gasteiger partial charge in [0.15, 0.2) is 0 Å². The van der Waals surface area contributed by atoms with Gasteiger partial charge in [0.2, 0.25) is 0 Å². The van der Waals surface area contributed by atoms with Gasteiger partial charge in [0.25, 0.3) is 0 Å². The van der Waals surface area contributed by atoms with Crippen molar-refractivity contribution < 1.29 is 0 Å². The highest BCUT2D eigenvalue weighted by Gasteiger charge is 2.38. The molecule has 2 heterocycles. The Hall–Kier alpha value is -1.02. The Bertz CT molecular complexity index is 387. The number of nitrogens with one attached hydrogen (secondary N) is 1. The van der Waals surface area contributed by atoms with Crippen molar-refractivity contribution in [3.05, 3.63) is 29.3 Å². The lowest BCUT2D eigenvalue weighted by atomic mass is 9.90. The number of piperidine rings is 1. The Morgan fingerprint density at radius 1 is 1.29 bits per heavy atom. The summed E-state index contributed by atoms with van der Waals surface area (Å²) in [5, 5.41) is 3.51. The van der Waals surface area contributed by atoms with E-state index in [9.17, 15) is 0 Å². The molecule has 2 aliphatic heterocycles. The fraction of sp³-hybridized carbons (Fsp3) is 0.600. The minimum absolute atomic E-state index is 0.707. The topological polar surface area (TPSA) is 15.3 Å². The minimum atomic E-state index is 0.707. The van der Waals surface area contributed by atoms with E-state index >= 15 is 0 Å². The van der Waals surface area contributed by atoms with Crippen LogP contribution in [-0.2, 0) is 0 Å². The second kappa shape index (κ2) is 5.09. The molecule has 0 radical (unpaired) electrons. The number of hydrogen-bond acceptors (Lipinski definition) is 2. The molecule has 0 aromatic heterocycles. The van der Waals surface area contributed by atoms with E-state index < -0.39 is 0 Å². The number of aryl methyl sites for hydroxylation is 1. The minimum Gasteiger partial charge on any atom is -0.370 e. The van der Waals surface area contributed by atoms with Crippen LogP contribution in [0.5, 0.6) is 0 Å². The van der Waals surface area contributed by atoms with Gasteiger partial charge in [-0.1, -0.05) is 32.0 Å². The van der Waals surface area contributed by atoms with E-state index in [0.717, 1.165) is 12.6 Å². The van der Waals surface area contributed by atoms with Gasteiger partial charge in [-0.3, -0.25) is 0 Å². The molecule has 3 rings (SSSR count). The first-order chi connectivity index (χ1) is 8.29. The summed E-state index contributed by atoms with van der Waals surface area (Å²) in [7, 11) is 2.25. The number of anilines is 1. The Balaban J connectivity index is 0.000000514. The number of rotatable bonds is 0. The van der Waals surface area contributed by atoms with Crippen LogP contribution in [0.1, 0.15) is 37.3 Å². The zero-order valence-corrected chi connectivity index (χ0v) is 11.5.